The molecule has 0 saturated carbocycles. The third kappa shape index (κ3) is 5.91. The number of amides is 2. The number of halogens is 1. The van der Waals surface area contributed by atoms with Crippen molar-refractivity contribution in [3.05, 3.63) is 74.6 Å². The van der Waals surface area contributed by atoms with Gasteiger partial charge in [-0.05, 0) is 62.2 Å². The first-order valence-electron chi connectivity index (χ1n) is 9.98. The second-order valence-corrected chi connectivity index (χ2v) is 8.78. The number of aryl methyl sites for hydroxylation is 2. The number of thiophene rings is 1. The summed E-state index contributed by atoms with van der Waals surface area (Å²) in [7, 11) is 1.24. The summed E-state index contributed by atoms with van der Waals surface area (Å²) in [6, 6.07) is 12.4. The van der Waals surface area contributed by atoms with Gasteiger partial charge in [-0.3, -0.25) is 9.59 Å². The lowest BCUT2D eigenvalue weighted by atomic mass is 10.1. The van der Waals surface area contributed by atoms with Crippen LogP contribution >= 0.6 is 22.9 Å². The maximum Gasteiger partial charge on any atom is 0.341 e. The largest absolute Gasteiger partial charge is 0.483 e. The summed E-state index contributed by atoms with van der Waals surface area (Å²) in [5, 5.41) is 6.25. The average molecular weight is 487 g/mol. The minimum absolute atomic E-state index is 0.132. The Balaban J connectivity index is 1.78. The van der Waals surface area contributed by atoms with Crippen LogP contribution < -0.4 is 15.4 Å². The molecule has 0 radical (unpaired) electrons. The number of nitrogens with one attached hydrogen (secondary N) is 2. The van der Waals surface area contributed by atoms with Gasteiger partial charge in [-0.15, -0.1) is 11.3 Å². The summed E-state index contributed by atoms with van der Waals surface area (Å²) in [4.78, 5) is 38.1. The van der Waals surface area contributed by atoms with Gasteiger partial charge in [0, 0.05) is 10.7 Å². The molecule has 2 amide bonds. The summed E-state index contributed by atoms with van der Waals surface area (Å²) < 4.78 is 10.4. The van der Waals surface area contributed by atoms with Crippen LogP contribution in [0.4, 0.5) is 10.7 Å². The molecule has 2 N–H and O–H groups in total. The van der Waals surface area contributed by atoms with E-state index in [1.54, 1.807) is 37.3 Å². The van der Waals surface area contributed by atoms with E-state index < -0.39 is 11.9 Å². The van der Waals surface area contributed by atoms with Crippen molar-refractivity contribution >= 4 is 51.4 Å². The summed E-state index contributed by atoms with van der Waals surface area (Å²) >= 11 is 6.94. The first-order valence-corrected chi connectivity index (χ1v) is 11.2. The molecule has 0 fully saturated rings. The van der Waals surface area contributed by atoms with Crippen molar-refractivity contribution in [3.8, 4) is 5.75 Å². The summed E-state index contributed by atoms with van der Waals surface area (Å²) in [5.41, 5.74) is 3.02. The fraction of sp³-hybridized carbons (Fsp3) is 0.208. The van der Waals surface area contributed by atoms with Crippen LogP contribution in [0.2, 0.25) is 5.02 Å². The first kappa shape index (κ1) is 24.3. The zero-order valence-corrected chi connectivity index (χ0v) is 20.1. The monoisotopic (exact) mass is 486 g/mol. The zero-order chi connectivity index (χ0) is 24.1. The standard InChI is InChI=1S/C24H23ClN2O5S/c1-13-5-8-17(9-6-13)26-22(29)21-15(3)20(24(30)31-4)23(33-21)27-19(28)12-32-18-10-7-16(25)11-14(18)2/h5-11H,12H2,1-4H3,(H,26,29)(H,27,28). The molecule has 33 heavy (non-hydrogen) atoms. The molecule has 3 rings (SSSR count). The van der Waals surface area contributed by atoms with Gasteiger partial charge in [0.25, 0.3) is 11.8 Å². The normalized spacial score (nSPS) is 10.5. The van der Waals surface area contributed by atoms with Crippen LogP contribution in [0.3, 0.4) is 0 Å². The third-order valence-electron chi connectivity index (χ3n) is 4.80. The van der Waals surface area contributed by atoms with Crippen molar-refractivity contribution in [2.45, 2.75) is 20.8 Å². The van der Waals surface area contributed by atoms with Gasteiger partial charge in [-0.2, -0.15) is 0 Å². The van der Waals surface area contributed by atoms with Crippen molar-refractivity contribution in [1.82, 2.24) is 0 Å². The molecule has 0 unspecified atom stereocenters. The molecular formula is C24H23ClN2O5S. The Morgan fingerprint density at radius 3 is 2.33 bits per heavy atom. The second kappa shape index (κ2) is 10.5. The van der Waals surface area contributed by atoms with Crippen molar-refractivity contribution < 1.29 is 23.9 Å². The Bertz CT molecular complexity index is 1200. The maximum absolute atomic E-state index is 12.9. The lowest BCUT2D eigenvalue weighted by Crippen LogP contribution is -2.21. The number of carbonyl (C=O) groups excluding carboxylic acids is 3. The highest BCUT2D eigenvalue weighted by atomic mass is 35.5. The molecule has 2 aromatic carbocycles. The molecule has 1 heterocycles. The number of ether oxygens (including phenoxy) is 2. The lowest BCUT2D eigenvalue weighted by Gasteiger charge is -2.10. The number of hydrogen-bond donors (Lipinski definition) is 2. The molecule has 3 aromatic rings. The van der Waals surface area contributed by atoms with Gasteiger partial charge >= 0.3 is 5.97 Å². The third-order valence-corrected chi connectivity index (χ3v) is 6.24. The average Bonchev–Trinajstić information content (AvgIpc) is 3.10. The minimum Gasteiger partial charge on any atom is -0.483 e. The molecule has 9 heteroatoms. The number of hydrogen-bond acceptors (Lipinski definition) is 6. The van der Waals surface area contributed by atoms with Crippen LogP contribution in [0.1, 0.15) is 36.7 Å². The fourth-order valence-corrected chi connectivity index (χ4v) is 4.40. The number of rotatable bonds is 7. The summed E-state index contributed by atoms with van der Waals surface area (Å²) in [6.07, 6.45) is 0. The summed E-state index contributed by atoms with van der Waals surface area (Å²) in [5.74, 6) is -1.01. The smallest absolute Gasteiger partial charge is 0.341 e. The van der Waals surface area contributed by atoms with Gasteiger partial charge in [0.2, 0.25) is 0 Å². The van der Waals surface area contributed by atoms with Crippen LogP contribution in [0.25, 0.3) is 0 Å². The van der Waals surface area contributed by atoms with Gasteiger partial charge in [0.1, 0.15) is 10.8 Å². The Kier molecular flexibility index (Phi) is 7.73. The van der Waals surface area contributed by atoms with Gasteiger partial charge < -0.3 is 20.1 Å². The molecule has 0 spiro atoms. The number of benzene rings is 2. The maximum atomic E-state index is 12.9. The molecule has 0 aliphatic rings. The van der Waals surface area contributed by atoms with E-state index in [-0.39, 0.29) is 23.1 Å². The number of esters is 1. The van der Waals surface area contributed by atoms with Crippen LogP contribution in [0.5, 0.6) is 5.75 Å². The van der Waals surface area contributed by atoms with Gasteiger partial charge in [0.15, 0.2) is 6.61 Å². The van der Waals surface area contributed by atoms with E-state index in [1.807, 2.05) is 26.0 Å². The van der Waals surface area contributed by atoms with E-state index >= 15 is 0 Å². The van der Waals surface area contributed by atoms with E-state index in [2.05, 4.69) is 10.6 Å². The van der Waals surface area contributed by atoms with Gasteiger partial charge in [0.05, 0.1) is 17.6 Å². The molecule has 0 atom stereocenters. The van der Waals surface area contributed by atoms with E-state index in [4.69, 9.17) is 21.1 Å². The van der Waals surface area contributed by atoms with Gasteiger partial charge in [-0.1, -0.05) is 29.3 Å². The number of anilines is 2. The quantitative estimate of drug-likeness (QED) is 0.437. The van der Waals surface area contributed by atoms with Crippen LogP contribution in [0.15, 0.2) is 42.5 Å². The highest BCUT2D eigenvalue weighted by molar-refractivity contribution is 7.19. The summed E-state index contributed by atoms with van der Waals surface area (Å²) in [6.45, 7) is 5.11. The van der Waals surface area contributed by atoms with Crippen molar-refractivity contribution in [1.29, 1.82) is 0 Å². The molecule has 0 saturated heterocycles. The lowest BCUT2D eigenvalue weighted by molar-refractivity contribution is -0.118. The van der Waals surface area contributed by atoms with E-state index in [0.717, 1.165) is 22.5 Å². The predicted molar refractivity (Wildman–Crippen MR) is 130 cm³/mol. The molecule has 0 aliphatic carbocycles. The minimum atomic E-state index is -0.650. The predicted octanol–water partition coefficient (Wildman–Crippen LogP) is 5.38. The van der Waals surface area contributed by atoms with E-state index in [9.17, 15) is 14.4 Å². The molecule has 0 bridgehead atoms. The van der Waals surface area contributed by atoms with E-state index in [1.165, 1.54) is 7.11 Å². The molecule has 172 valence electrons. The Hall–Kier alpha value is -3.36. The van der Waals surface area contributed by atoms with Crippen LogP contribution in [0, 0.1) is 20.8 Å². The first-order chi connectivity index (χ1) is 15.7. The molecule has 7 nitrogen and oxygen atoms in total. The van der Waals surface area contributed by atoms with Crippen LogP contribution in [-0.4, -0.2) is 31.5 Å². The topological polar surface area (TPSA) is 93.7 Å². The zero-order valence-electron chi connectivity index (χ0n) is 18.6. The number of carbonyl (C=O) groups is 3. The van der Waals surface area contributed by atoms with E-state index in [0.29, 0.717) is 26.9 Å². The second-order valence-electron chi connectivity index (χ2n) is 7.32. The Labute approximate surface area is 200 Å². The van der Waals surface area contributed by atoms with Crippen molar-refractivity contribution in [2.24, 2.45) is 0 Å². The number of methoxy groups -OCH3 is 1. The van der Waals surface area contributed by atoms with Gasteiger partial charge in [-0.25, -0.2) is 4.79 Å². The fourth-order valence-electron chi connectivity index (χ4n) is 3.07. The molecule has 1 aromatic heterocycles. The Morgan fingerprint density at radius 1 is 1.00 bits per heavy atom. The Morgan fingerprint density at radius 2 is 1.70 bits per heavy atom. The molecular weight excluding hydrogens is 464 g/mol. The highest BCUT2D eigenvalue weighted by Crippen LogP contribution is 2.34. The van der Waals surface area contributed by atoms with Crippen molar-refractivity contribution in [3.63, 3.8) is 0 Å². The molecule has 0 aliphatic heterocycles. The SMILES string of the molecule is COC(=O)c1c(NC(=O)COc2ccc(Cl)cc2C)sc(C(=O)Nc2ccc(C)cc2)c1C. The highest BCUT2D eigenvalue weighted by Gasteiger charge is 2.26. The van der Waals surface area contributed by atoms with Crippen molar-refractivity contribution in [2.75, 3.05) is 24.4 Å². The van der Waals surface area contributed by atoms with Crippen LogP contribution in [-0.2, 0) is 9.53 Å².